The van der Waals surface area contributed by atoms with Gasteiger partial charge in [0.1, 0.15) is 11.5 Å². The first-order valence-corrected chi connectivity index (χ1v) is 11.9. The molecule has 0 radical (unpaired) electrons. The normalized spacial score (nSPS) is 14.4. The van der Waals surface area contributed by atoms with Gasteiger partial charge in [-0.3, -0.25) is 14.4 Å². The lowest BCUT2D eigenvalue weighted by atomic mass is 9.96. The average molecular weight is 590 g/mol. The molecule has 212 valence electrons. The number of aliphatic carboxylic acids is 1. The van der Waals surface area contributed by atoms with Crippen molar-refractivity contribution in [3.8, 4) is 11.5 Å². The van der Waals surface area contributed by atoms with Gasteiger partial charge in [0, 0.05) is 10.8 Å². The maximum atomic E-state index is 13.6. The van der Waals surface area contributed by atoms with Gasteiger partial charge in [-0.1, -0.05) is 48.9 Å². The van der Waals surface area contributed by atoms with E-state index < -0.39 is 71.9 Å². The maximum Gasteiger partial charge on any atom is 0.422 e. The molecule has 1 N–H and O–H groups in total. The van der Waals surface area contributed by atoms with Gasteiger partial charge in [-0.25, -0.2) is 4.90 Å². The molecule has 1 heterocycles. The summed E-state index contributed by atoms with van der Waals surface area (Å²) in [5, 5.41) is 8.77. The number of carbonyl (C=O) groups excluding carboxylic acids is 2. The van der Waals surface area contributed by atoms with Crippen LogP contribution in [-0.4, -0.2) is 48.5 Å². The predicted octanol–water partition coefficient (Wildman–Crippen LogP) is 6.75. The van der Waals surface area contributed by atoms with E-state index in [1.165, 1.54) is 36.4 Å². The molecule has 1 aliphatic rings. The van der Waals surface area contributed by atoms with Crippen molar-refractivity contribution >= 4 is 45.8 Å². The number of ether oxygens (including phenoxy) is 2. The number of hydrogen-bond acceptors (Lipinski definition) is 5. The van der Waals surface area contributed by atoms with Crippen LogP contribution in [-0.2, 0) is 4.79 Å². The van der Waals surface area contributed by atoms with Crippen LogP contribution in [0.4, 0.5) is 32.0 Å². The second kappa shape index (κ2) is 10.5. The van der Waals surface area contributed by atoms with Crippen molar-refractivity contribution in [2.75, 3.05) is 18.1 Å². The number of anilines is 1. The highest BCUT2D eigenvalue weighted by atomic mass is 35.5. The zero-order valence-electron chi connectivity index (χ0n) is 20.3. The van der Waals surface area contributed by atoms with E-state index >= 15 is 0 Å². The first kappa shape index (κ1) is 29.0. The van der Waals surface area contributed by atoms with E-state index in [0.29, 0.717) is 4.90 Å². The lowest BCUT2D eigenvalue weighted by Gasteiger charge is -2.18. The number of nitrogens with zero attached hydrogens (tertiary/aromatic N) is 1. The fourth-order valence-corrected chi connectivity index (χ4v) is 4.67. The molecule has 14 heteroatoms. The molecule has 2 amide bonds. The number of imide groups is 1. The number of fused-ring (bicyclic) bond motifs is 2. The first-order chi connectivity index (χ1) is 18.6. The van der Waals surface area contributed by atoms with Crippen LogP contribution in [0.15, 0.2) is 42.5 Å². The third-order valence-corrected chi connectivity index (χ3v) is 6.34. The van der Waals surface area contributed by atoms with Crippen LogP contribution in [0.25, 0.3) is 10.8 Å². The number of rotatable bonds is 8. The predicted molar refractivity (Wildman–Crippen MR) is 130 cm³/mol. The van der Waals surface area contributed by atoms with Crippen LogP contribution < -0.4 is 14.4 Å². The molecule has 0 fully saturated rings. The Kier molecular flexibility index (Phi) is 7.63. The van der Waals surface area contributed by atoms with Gasteiger partial charge in [0.05, 0.1) is 27.8 Å². The number of halogens is 7. The number of carboxylic acids is 1. The molecule has 0 spiro atoms. The SMILES string of the molecule is CCC(C(=O)O)c1ccc(N2C(=O)c3c(c(OCC(F)(F)F)c4ccccc4c3OCC(F)(F)F)C2=O)c(Cl)c1. The Morgan fingerprint density at radius 1 is 0.900 bits per heavy atom. The molecule has 3 aromatic rings. The van der Waals surface area contributed by atoms with E-state index in [1.807, 2.05) is 0 Å². The zero-order valence-corrected chi connectivity index (χ0v) is 21.1. The Bertz CT molecular complexity index is 1440. The summed E-state index contributed by atoms with van der Waals surface area (Å²) in [6.07, 6.45) is -9.53. The van der Waals surface area contributed by atoms with Crippen LogP contribution in [0, 0.1) is 0 Å². The molecular formula is C26H18ClF6NO6. The number of carboxylic acid groups (broad SMARTS) is 1. The van der Waals surface area contributed by atoms with E-state index in [9.17, 15) is 45.8 Å². The van der Waals surface area contributed by atoms with Crippen molar-refractivity contribution in [1.82, 2.24) is 0 Å². The number of hydrogen-bond donors (Lipinski definition) is 1. The molecule has 1 unspecified atom stereocenters. The second-order valence-corrected chi connectivity index (χ2v) is 9.12. The largest absolute Gasteiger partial charge is 0.483 e. The van der Waals surface area contributed by atoms with E-state index in [4.69, 9.17) is 21.1 Å². The first-order valence-electron chi connectivity index (χ1n) is 11.5. The van der Waals surface area contributed by atoms with E-state index in [2.05, 4.69) is 0 Å². The third-order valence-electron chi connectivity index (χ3n) is 6.04. The monoisotopic (exact) mass is 589 g/mol. The molecule has 0 bridgehead atoms. The molecule has 3 aromatic carbocycles. The van der Waals surface area contributed by atoms with Crippen molar-refractivity contribution in [3.63, 3.8) is 0 Å². The lowest BCUT2D eigenvalue weighted by molar-refractivity contribution is -0.154. The quantitative estimate of drug-likeness (QED) is 0.231. The number of benzene rings is 3. The van der Waals surface area contributed by atoms with Crippen molar-refractivity contribution in [3.05, 3.63) is 64.2 Å². The average Bonchev–Trinajstić information content (AvgIpc) is 3.10. The number of alkyl halides is 6. The molecule has 0 saturated heterocycles. The van der Waals surface area contributed by atoms with Crippen LogP contribution in [0.3, 0.4) is 0 Å². The fourth-order valence-electron chi connectivity index (χ4n) is 4.40. The Labute approximate surface area is 226 Å². The summed E-state index contributed by atoms with van der Waals surface area (Å²) < 4.78 is 88.4. The van der Waals surface area contributed by atoms with Crippen molar-refractivity contribution in [1.29, 1.82) is 0 Å². The van der Waals surface area contributed by atoms with E-state index in [-0.39, 0.29) is 33.5 Å². The summed E-state index contributed by atoms with van der Waals surface area (Å²) in [4.78, 5) is 39.2. The van der Waals surface area contributed by atoms with E-state index in [1.54, 1.807) is 6.92 Å². The lowest BCUT2D eigenvalue weighted by Crippen LogP contribution is -2.30. The molecule has 40 heavy (non-hydrogen) atoms. The highest BCUT2D eigenvalue weighted by Crippen LogP contribution is 2.47. The Balaban J connectivity index is 1.93. The summed E-state index contributed by atoms with van der Waals surface area (Å²) in [6.45, 7) is -2.12. The highest BCUT2D eigenvalue weighted by Gasteiger charge is 2.45. The van der Waals surface area contributed by atoms with Crippen molar-refractivity contribution < 1.29 is 55.3 Å². The highest BCUT2D eigenvalue weighted by molar-refractivity contribution is 6.41. The van der Waals surface area contributed by atoms with Gasteiger partial charge in [0.15, 0.2) is 13.2 Å². The van der Waals surface area contributed by atoms with Crippen LogP contribution in [0.2, 0.25) is 5.02 Å². The topological polar surface area (TPSA) is 93.1 Å². The summed E-state index contributed by atoms with van der Waals surface area (Å²) in [5.74, 6) is -5.92. The smallest absolute Gasteiger partial charge is 0.422 e. The number of amides is 2. The standard InChI is InChI=1S/C26H18ClF6NO6/c1-2-13(24(37)38)12-7-8-17(16(27)9-12)34-22(35)18-19(23(34)36)21(40-11-26(31,32)33)15-6-4-3-5-14(15)20(18)39-10-25(28,29)30/h3-9,13H,2,10-11H2,1H3,(H,37,38). The van der Waals surface area contributed by atoms with Gasteiger partial charge in [-0.15, -0.1) is 0 Å². The molecule has 7 nitrogen and oxygen atoms in total. The molecule has 0 saturated carbocycles. The van der Waals surface area contributed by atoms with Gasteiger partial charge >= 0.3 is 18.3 Å². The number of carbonyl (C=O) groups is 3. The van der Waals surface area contributed by atoms with Gasteiger partial charge in [-0.05, 0) is 24.1 Å². The van der Waals surface area contributed by atoms with Gasteiger partial charge < -0.3 is 14.6 Å². The summed E-state index contributed by atoms with van der Waals surface area (Å²) >= 11 is 6.32. The third kappa shape index (κ3) is 5.51. The minimum Gasteiger partial charge on any atom is -0.483 e. The van der Waals surface area contributed by atoms with Crippen LogP contribution in [0.5, 0.6) is 11.5 Å². The van der Waals surface area contributed by atoms with Crippen LogP contribution in [0.1, 0.15) is 45.5 Å². The molecule has 0 aromatic heterocycles. The van der Waals surface area contributed by atoms with Gasteiger partial charge in [0.25, 0.3) is 11.8 Å². The fraction of sp³-hybridized carbons (Fsp3) is 0.269. The molecule has 1 aliphatic heterocycles. The molecule has 0 aliphatic carbocycles. The molecule has 1 atom stereocenters. The Morgan fingerprint density at radius 3 is 1.75 bits per heavy atom. The second-order valence-electron chi connectivity index (χ2n) is 8.72. The van der Waals surface area contributed by atoms with E-state index in [0.717, 1.165) is 6.07 Å². The summed E-state index contributed by atoms with van der Waals surface area (Å²) in [7, 11) is 0. The summed E-state index contributed by atoms with van der Waals surface area (Å²) in [6, 6.07) is 8.79. The summed E-state index contributed by atoms with van der Waals surface area (Å²) in [5.41, 5.74) is -1.50. The van der Waals surface area contributed by atoms with Crippen molar-refractivity contribution in [2.24, 2.45) is 0 Å². The Morgan fingerprint density at radius 2 is 1.38 bits per heavy atom. The Hall–Kier alpha value is -4.00. The minimum absolute atomic E-state index is 0.185. The van der Waals surface area contributed by atoms with Crippen LogP contribution >= 0.6 is 11.6 Å². The molecular weight excluding hydrogens is 572 g/mol. The van der Waals surface area contributed by atoms with Gasteiger partial charge in [0.2, 0.25) is 0 Å². The molecule has 4 rings (SSSR count). The van der Waals surface area contributed by atoms with Crippen molar-refractivity contribution in [2.45, 2.75) is 31.6 Å². The maximum absolute atomic E-state index is 13.6. The minimum atomic E-state index is -4.86. The van der Waals surface area contributed by atoms with Gasteiger partial charge in [-0.2, -0.15) is 26.3 Å². The zero-order chi connectivity index (χ0) is 29.6.